The summed E-state index contributed by atoms with van der Waals surface area (Å²) < 4.78 is 0. The number of nitrogens with two attached hydrogens (primary N) is 1. The van der Waals surface area contributed by atoms with Gasteiger partial charge in [-0.25, -0.2) is 0 Å². The van der Waals surface area contributed by atoms with E-state index in [9.17, 15) is 0 Å². The summed E-state index contributed by atoms with van der Waals surface area (Å²) in [5.41, 5.74) is 7.35. The van der Waals surface area contributed by atoms with E-state index in [1.54, 1.807) is 0 Å². The molecule has 0 radical (unpaired) electrons. The Balaban J connectivity index is 0.000000321. The van der Waals surface area contributed by atoms with Crippen molar-refractivity contribution < 1.29 is 17.3 Å². The van der Waals surface area contributed by atoms with E-state index in [0.29, 0.717) is 11.3 Å². The molecular formula is C14H15ClN4Ru. The predicted octanol–water partition coefficient (Wildman–Crippen LogP) is 3.46. The van der Waals surface area contributed by atoms with Gasteiger partial charge < -0.3 is 11.1 Å². The van der Waals surface area contributed by atoms with Crippen LogP contribution < -0.4 is 5.73 Å². The van der Waals surface area contributed by atoms with Crippen LogP contribution in [0.5, 0.6) is 0 Å². The fourth-order valence-corrected chi connectivity index (χ4v) is 1.25. The van der Waals surface area contributed by atoms with Gasteiger partial charge in [0.05, 0.1) is 11.7 Å². The summed E-state index contributed by atoms with van der Waals surface area (Å²) in [6.07, 6.45) is 5.61. The number of aromatic nitrogens is 2. The Morgan fingerprint density at radius 2 is 1.95 bits per heavy atom. The Hall–Kier alpha value is -1.71. The fourth-order valence-electron chi connectivity index (χ4n) is 1.25. The normalized spacial score (nSPS) is 10.1. The van der Waals surface area contributed by atoms with E-state index >= 15 is 0 Å². The molecule has 0 spiro atoms. The van der Waals surface area contributed by atoms with Gasteiger partial charge in [0.15, 0.2) is 0 Å². The first-order valence-electron chi connectivity index (χ1n) is 5.46. The molecule has 0 saturated carbocycles. The number of fused-ring (bicyclic) bond motifs is 1. The van der Waals surface area contributed by atoms with E-state index in [-0.39, 0.29) is 0 Å². The topological polar surface area (TPSA) is 77.0 Å². The van der Waals surface area contributed by atoms with Gasteiger partial charge in [0.1, 0.15) is 0 Å². The first-order chi connectivity index (χ1) is 9.72. The van der Waals surface area contributed by atoms with E-state index in [1.165, 1.54) is 12.2 Å². The molecule has 0 amide bonds. The molecule has 20 heavy (non-hydrogen) atoms. The van der Waals surface area contributed by atoms with Gasteiger partial charge in [-0.2, -0.15) is 11.3 Å². The molecule has 4 nitrogen and oxygen atoms in total. The van der Waals surface area contributed by atoms with Crippen molar-refractivity contribution in [1.29, 1.82) is 0 Å². The number of benzene rings is 1. The molecule has 2 aromatic rings. The SMILES string of the molecule is C=C/C(N)=C(\C=C)C=[N-].[Cl][Ru+].c1ccc2[nH]ncc2c1. The maximum Gasteiger partial charge on any atom is 0.0650 e. The summed E-state index contributed by atoms with van der Waals surface area (Å²) in [7, 11) is 4.57. The van der Waals surface area contributed by atoms with Crippen LogP contribution in [0.25, 0.3) is 16.3 Å². The van der Waals surface area contributed by atoms with E-state index in [2.05, 4.69) is 33.0 Å². The molecule has 0 bridgehead atoms. The van der Waals surface area contributed by atoms with Gasteiger partial charge in [-0.05, 0) is 17.7 Å². The van der Waals surface area contributed by atoms with Gasteiger partial charge in [0.25, 0.3) is 0 Å². The number of halogens is 1. The average Bonchev–Trinajstić information content (AvgIpc) is 2.99. The van der Waals surface area contributed by atoms with Crippen molar-refractivity contribution in [2.24, 2.45) is 5.73 Å². The van der Waals surface area contributed by atoms with Crippen LogP contribution in [0.15, 0.2) is 67.0 Å². The van der Waals surface area contributed by atoms with Crippen LogP contribution in [-0.4, -0.2) is 16.4 Å². The van der Waals surface area contributed by atoms with Gasteiger partial charge in [-0.1, -0.05) is 37.4 Å². The molecule has 0 aliphatic carbocycles. The minimum Gasteiger partial charge on any atom is -0.278 e. The van der Waals surface area contributed by atoms with Crippen LogP contribution in [0.1, 0.15) is 0 Å². The third-order valence-corrected chi connectivity index (χ3v) is 2.26. The number of H-pyrrole nitrogens is 1. The van der Waals surface area contributed by atoms with Crippen molar-refractivity contribution in [3.8, 4) is 0 Å². The maximum absolute atomic E-state index is 8.45. The molecular weight excluding hydrogens is 361 g/mol. The van der Waals surface area contributed by atoms with E-state index in [0.717, 1.165) is 17.1 Å². The van der Waals surface area contributed by atoms with Gasteiger partial charge >= 0.3 is 27.0 Å². The number of nitrogens with zero attached hydrogens (tertiary/aromatic N) is 2. The van der Waals surface area contributed by atoms with E-state index < -0.39 is 0 Å². The monoisotopic (exact) mass is 376 g/mol. The summed E-state index contributed by atoms with van der Waals surface area (Å²) in [4.78, 5) is 0. The number of hydrogen-bond acceptors (Lipinski definition) is 2. The Bertz CT molecular complexity index is 549. The molecule has 0 unspecified atom stereocenters. The third-order valence-electron chi connectivity index (χ3n) is 2.26. The molecule has 1 aromatic carbocycles. The summed E-state index contributed by atoms with van der Waals surface area (Å²) in [6, 6.07) is 8.01. The Kier molecular flexibility index (Phi) is 10.2. The van der Waals surface area contributed by atoms with Crippen LogP contribution in [0.3, 0.4) is 0 Å². The van der Waals surface area contributed by atoms with Crippen LogP contribution >= 0.6 is 9.69 Å². The second kappa shape index (κ2) is 11.1. The van der Waals surface area contributed by atoms with Gasteiger partial charge in [-0.3, -0.25) is 5.10 Å². The van der Waals surface area contributed by atoms with Crippen molar-refractivity contribution in [2.45, 2.75) is 0 Å². The first kappa shape index (κ1) is 18.3. The molecule has 6 heteroatoms. The smallest absolute Gasteiger partial charge is 0.0650 e. The quantitative estimate of drug-likeness (QED) is 0.489. The zero-order valence-corrected chi connectivity index (χ0v) is 13.2. The van der Waals surface area contributed by atoms with E-state index in [1.807, 2.05) is 47.8 Å². The van der Waals surface area contributed by atoms with Crippen LogP contribution in [-0.2, 0) is 17.3 Å². The predicted molar refractivity (Wildman–Crippen MR) is 83.0 cm³/mol. The van der Waals surface area contributed by atoms with Crippen LogP contribution in [0.4, 0.5) is 0 Å². The minimum absolute atomic E-state index is 0.424. The molecule has 1 aromatic heterocycles. The number of rotatable bonds is 3. The molecule has 0 aliphatic rings. The molecule has 0 fully saturated rings. The zero-order valence-electron chi connectivity index (χ0n) is 10.7. The maximum atomic E-state index is 8.45. The minimum atomic E-state index is 0.424. The Labute approximate surface area is 132 Å². The number of aromatic amines is 1. The molecule has 0 atom stereocenters. The van der Waals surface area contributed by atoms with Crippen molar-refractivity contribution in [3.63, 3.8) is 0 Å². The van der Waals surface area contributed by atoms with Crippen LogP contribution in [0.2, 0.25) is 0 Å². The van der Waals surface area contributed by atoms with Crippen molar-refractivity contribution in [2.75, 3.05) is 0 Å². The van der Waals surface area contributed by atoms with Gasteiger partial charge in [0, 0.05) is 11.1 Å². The summed E-state index contributed by atoms with van der Waals surface area (Å²) >= 11 is 1.82. The number of para-hydroxylation sites is 1. The molecule has 106 valence electrons. The molecule has 1 heterocycles. The molecule has 2 rings (SSSR count). The average molecular weight is 376 g/mol. The first-order valence-corrected chi connectivity index (χ1v) is 7.70. The second-order valence-corrected chi connectivity index (χ2v) is 3.41. The Morgan fingerprint density at radius 1 is 1.30 bits per heavy atom. The number of hydrogen-bond donors (Lipinski definition) is 2. The Morgan fingerprint density at radius 3 is 2.40 bits per heavy atom. The van der Waals surface area contributed by atoms with Crippen molar-refractivity contribution in [3.05, 3.63) is 72.5 Å². The van der Waals surface area contributed by atoms with Gasteiger partial charge in [-0.15, -0.1) is 0 Å². The molecule has 0 aliphatic heterocycles. The largest absolute Gasteiger partial charge is 0.278 e. The van der Waals surface area contributed by atoms with Gasteiger partial charge in [0.2, 0.25) is 0 Å². The number of nitrogens with one attached hydrogen (secondary N) is 1. The second-order valence-electron chi connectivity index (χ2n) is 3.41. The standard InChI is InChI=1S/C7H6N2.C7H9N2.ClH.Ru/c1-2-4-7-6(3-1)5-8-9-7;1-3-6(5-8)7(9)4-2;;/h1-5H,(H,8,9);3-5H,1-2,9H2;1H;/q;-1;;+2/p-1/b;7-6-;;. The zero-order chi connectivity index (χ0) is 15.4. The summed E-state index contributed by atoms with van der Waals surface area (Å²) in [5, 5.41) is 16.4. The summed E-state index contributed by atoms with van der Waals surface area (Å²) in [6.45, 7) is 6.84. The summed E-state index contributed by atoms with van der Waals surface area (Å²) in [5.74, 6) is 0. The van der Waals surface area contributed by atoms with E-state index in [4.69, 9.17) is 11.1 Å². The van der Waals surface area contributed by atoms with Crippen LogP contribution in [0, 0.1) is 0 Å². The van der Waals surface area contributed by atoms with Crippen molar-refractivity contribution in [1.82, 2.24) is 10.2 Å². The fraction of sp³-hybridized carbons (Fsp3) is 0. The molecule has 3 N–H and O–H groups in total. The third kappa shape index (κ3) is 5.96. The number of allylic oxidation sites excluding steroid dienone is 3. The van der Waals surface area contributed by atoms with Crippen molar-refractivity contribution >= 4 is 26.8 Å². The molecule has 0 saturated heterocycles.